The van der Waals surface area contributed by atoms with Gasteiger partial charge in [-0.05, 0) is 37.1 Å². The second-order valence-electron chi connectivity index (χ2n) is 4.38. The zero-order valence-electron chi connectivity index (χ0n) is 11.4. The molecule has 1 atom stereocenters. The molecule has 1 amide bonds. The van der Waals surface area contributed by atoms with Crippen molar-refractivity contribution in [2.45, 2.75) is 18.9 Å². The third-order valence-corrected chi connectivity index (χ3v) is 2.67. The van der Waals surface area contributed by atoms with E-state index in [4.69, 9.17) is 27.6 Å². The Morgan fingerprint density at radius 2 is 1.90 bits per heavy atom. The molecular formula is C12H20N6O3. The van der Waals surface area contributed by atoms with Gasteiger partial charge in [0, 0.05) is 12.2 Å². The Balaban J connectivity index is 2.43. The lowest BCUT2D eigenvalue weighted by molar-refractivity contribution is -0.117. The Morgan fingerprint density at radius 3 is 2.43 bits per heavy atom. The van der Waals surface area contributed by atoms with Crippen LogP contribution in [0.15, 0.2) is 29.3 Å². The molecule has 0 saturated heterocycles. The lowest BCUT2D eigenvalue weighted by Crippen LogP contribution is -2.35. The van der Waals surface area contributed by atoms with E-state index in [-0.39, 0.29) is 22.8 Å². The highest BCUT2D eigenvalue weighted by Crippen LogP contribution is 2.15. The molecule has 9 N–H and O–H groups in total. The van der Waals surface area contributed by atoms with E-state index in [1.165, 1.54) is 24.3 Å². The molecule has 0 bridgehead atoms. The fraction of sp³-hybridized carbons (Fsp3) is 0.333. The van der Waals surface area contributed by atoms with Crippen LogP contribution in [-0.2, 0) is 4.79 Å². The average molecular weight is 296 g/mol. The first-order chi connectivity index (χ1) is 9.90. The summed E-state index contributed by atoms with van der Waals surface area (Å²) in [6, 6.07) is 5.24. The Hall–Kier alpha value is -2.36. The van der Waals surface area contributed by atoms with Gasteiger partial charge < -0.3 is 22.5 Å². The van der Waals surface area contributed by atoms with Crippen molar-refractivity contribution in [1.82, 2.24) is 0 Å². The number of rotatable bonds is 7. The van der Waals surface area contributed by atoms with Crippen molar-refractivity contribution in [2.24, 2.45) is 22.2 Å². The summed E-state index contributed by atoms with van der Waals surface area (Å²) in [6.45, 7) is 0.418. The number of amides is 1. The third-order valence-electron chi connectivity index (χ3n) is 2.67. The first kappa shape index (κ1) is 16.7. The van der Waals surface area contributed by atoms with Crippen LogP contribution in [0.3, 0.4) is 0 Å². The van der Waals surface area contributed by atoms with Crippen molar-refractivity contribution in [1.29, 1.82) is 0 Å². The predicted octanol–water partition coefficient (Wildman–Crippen LogP) is -0.409. The van der Waals surface area contributed by atoms with Crippen LogP contribution >= 0.6 is 0 Å². The molecule has 116 valence electrons. The van der Waals surface area contributed by atoms with Gasteiger partial charge in [-0.3, -0.25) is 20.2 Å². The van der Waals surface area contributed by atoms with Crippen LogP contribution in [0.1, 0.15) is 12.8 Å². The summed E-state index contributed by atoms with van der Waals surface area (Å²) >= 11 is 0. The van der Waals surface area contributed by atoms with E-state index in [9.17, 15) is 4.79 Å². The van der Waals surface area contributed by atoms with Crippen molar-refractivity contribution in [3.05, 3.63) is 24.3 Å². The van der Waals surface area contributed by atoms with Gasteiger partial charge in [0.2, 0.25) is 5.91 Å². The van der Waals surface area contributed by atoms with E-state index in [1.54, 1.807) is 0 Å². The lowest BCUT2D eigenvalue weighted by Gasteiger charge is -2.13. The quantitative estimate of drug-likeness (QED) is 0.172. The normalized spacial score (nSPS) is 11.6. The Bertz CT molecular complexity index is 484. The van der Waals surface area contributed by atoms with Crippen LogP contribution in [0, 0.1) is 0 Å². The molecule has 0 aliphatic rings. The maximum absolute atomic E-state index is 11.8. The highest BCUT2D eigenvalue weighted by molar-refractivity contribution is 5.94. The second kappa shape index (κ2) is 8.04. The number of nitrogens with two attached hydrogens (primary N) is 3. The van der Waals surface area contributed by atoms with Gasteiger partial charge in [-0.1, -0.05) is 0 Å². The van der Waals surface area contributed by atoms with Crippen LogP contribution in [0.5, 0.6) is 0 Å². The fourth-order valence-corrected chi connectivity index (χ4v) is 1.56. The van der Waals surface area contributed by atoms with E-state index >= 15 is 0 Å². The Morgan fingerprint density at radius 1 is 1.29 bits per heavy atom. The number of hydrogen-bond donors (Lipinski definition) is 6. The molecule has 0 aliphatic heterocycles. The number of benzene rings is 1. The number of hydrogen-bond acceptors (Lipinski definition) is 6. The van der Waals surface area contributed by atoms with Crippen LogP contribution in [0.2, 0.25) is 0 Å². The number of nitrogens with one attached hydrogen (secondary N) is 1. The van der Waals surface area contributed by atoms with Crippen molar-refractivity contribution in [2.75, 3.05) is 17.1 Å². The number of guanidine groups is 1. The van der Waals surface area contributed by atoms with Gasteiger partial charge in [0.15, 0.2) is 5.96 Å². The SMILES string of the molecule is NC(N)=NCCC[C@H](N)C(=O)Nc1ccc(N(O)O)cc1. The molecule has 0 saturated carbocycles. The molecule has 9 nitrogen and oxygen atoms in total. The summed E-state index contributed by atoms with van der Waals surface area (Å²) in [5.74, 6) is -0.327. The molecular weight excluding hydrogens is 276 g/mol. The minimum absolute atomic E-state index is 0.00919. The standard InChI is InChI=1S/C12H20N6O3/c13-10(2-1-7-16-12(14)15)11(19)17-8-3-5-9(6-4-8)18(20)21/h3-6,10,20-21H,1-2,7,13H2,(H,17,19)(H4,14,15,16)/t10-/m0/s1. The molecule has 1 rings (SSSR count). The van der Waals surface area contributed by atoms with Crippen molar-refractivity contribution in [3.8, 4) is 0 Å². The second-order valence-corrected chi connectivity index (χ2v) is 4.38. The van der Waals surface area contributed by atoms with Gasteiger partial charge in [0.05, 0.1) is 11.7 Å². The highest BCUT2D eigenvalue weighted by atomic mass is 16.8. The predicted molar refractivity (Wildman–Crippen MR) is 79.0 cm³/mol. The monoisotopic (exact) mass is 296 g/mol. The van der Waals surface area contributed by atoms with Gasteiger partial charge in [0.1, 0.15) is 0 Å². The minimum atomic E-state index is -0.675. The maximum atomic E-state index is 11.8. The summed E-state index contributed by atoms with van der Waals surface area (Å²) in [6.07, 6.45) is 1.04. The summed E-state index contributed by atoms with van der Waals surface area (Å²) in [5.41, 5.74) is 16.8. The van der Waals surface area contributed by atoms with E-state index in [2.05, 4.69) is 10.3 Å². The van der Waals surface area contributed by atoms with Gasteiger partial charge in [-0.2, -0.15) is 0 Å². The van der Waals surface area contributed by atoms with E-state index in [0.717, 1.165) is 0 Å². The number of nitrogens with zero attached hydrogens (tertiary/aromatic N) is 2. The van der Waals surface area contributed by atoms with E-state index in [1.807, 2.05) is 0 Å². The van der Waals surface area contributed by atoms with E-state index < -0.39 is 6.04 Å². The van der Waals surface area contributed by atoms with Gasteiger partial charge in [-0.15, -0.1) is 5.23 Å². The number of carbonyl (C=O) groups is 1. The van der Waals surface area contributed by atoms with Crippen molar-refractivity contribution >= 4 is 23.2 Å². The minimum Gasteiger partial charge on any atom is -0.370 e. The molecule has 9 heteroatoms. The molecule has 0 fully saturated rings. The Labute approximate surface area is 122 Å². The highest BCUT2D eigenvalue weighted by Gasteiger charge is 2.13. The molecule has 0 radical (unpaired) electrons. The largest absolute Gasteiger partial charge is 0.370 e. The molecule has 0 aliphatic carbocycles. The first-order valence-corrected chi connectivity index (χ1v) is 6.30. The van der Waals surface area contributed by atoms with Gasteiger partial charge in [0.25, 0.3) is 0 Å². The molecule has 1 aromatic carbocycles. The van der Waals surface area contributed by atoms with Crippen LogP contribution in [-0.4, -0.2) is 34.9 Å². The molecule has 0 spiro atoms. The zero-order valence-corrected chi connectivity index (χ0v) is 11.4. The summed E-state index contributed by atoms with van der Waals surface area (Å²) in [5, 5.41) is 20.2. The maximum Gasteiger partial charge on any atom is 0.241 e. The molecule has 21 heavy (non-hydrogen) atoms. The smallest absolute Gasteiger partial charge is 0.241 e. The van der Waals surface area contributed by atoms with E-state index in [0.29, 0.717) is 25.1 Å². The molecule has 0 heterocycles. The summed E-state index contributed by atoms with van der Waals surface area (Å²) in [7, 11) is 0. The molecule has 1 aromatic rings. The fourth-order valence-electron chi connectivity index (χ4n) is 1.56. The topological polar surface area (TPSA) is 163 Å². The van der Waals surface area contributed by atoms with Gasteiger partial charge in [-0.25, -0.2) is 0 Å². The van der Waals surface area contributed by atoms with Gasteiger partial charge >= 0.3 is 0 Å². The lowest BCUT2D eigenvalue weighted by atomic mass is 10.1. The molecule has 0 unspecified atom stereocenters. The van der Waals surface area contributed by atoms with Crippen molar-refractivity contribution in [3.63, 3.8) is 0 Å². The third kappa shape index (κ3) is 6.08. The Kier molecular flexibility index (Phi) is 6.40. The molecule has 0 aromatic heterocycles. The number of aliphatic imine (C=N–C) groups is 1. The number of carbonyl (C=O) groups excluding carboxylic acids is 1. The zero-order chi connectivity index (χ0) is 15.8. The van der Waals surface area contributed by atoms with Crippen LogP contribution < -0.4 is 27.7 Å². The average Bonchev–Trinajstić information content (AvgIpc) is 2.43. The van der Waals surface area contributed by atoms with Crippen molar-refractivity contribution < 1.29 is 15.2 Å². The van der Waals surface area contributed by atoms with Crippen LogP contribution in [0.25, 0.3) is 0 Å². The first-order valence-electron chi connectivity index (χ1n) is 6.30. The van der Waals surface area contributed by atoms with Crippen LogP contribution in [0.4, 0.5) is 11.4 Å². The summed E-state index contributed by atoms with van der Waals surface area (Å²) < 4.78 is 0. The summed E-state index contributed by atoms with van der Waals surface area (Å²) in [4.78, 5) is 15.6. The number of anilines is 2.